The highest BCUT2D eigenvalue weighted by Crippen LogP contribution is 2.20. The quantitative estimate of drug-likeness (QED) is 0.875. The minimum absolute atomic E-state index is 0.423. The molecule has 0 aliphatic carbocycles. The van der Waals surface area contributed by atoms with Gasteiger partial charge in [-0.05, 0) is 30.2 Å². The molecule has 0 bridgehead atoms. The van der Waals surface area contributed by atoms with Crippen LogP contribution in [0.5, 0.6) is 11.6 Å². The van der Waals surface area contributed by atoms with Gasteiger partial charge in [-0.1, -0.05) is 25.1 Å². The van der Waals surface area contributed by atoms with Gasteiger partial charge in [-0.3, -0.25) is 0 Å². The van der Waals surface area contributed by atoms with Crippen LogP contribution in [0.1, 0.15) is 18.2 Å². The normalized spacial score (nSPS) is 10.2. The standard InChI is InChI=1S/C14H16N2O/c1-2-11-5-3-7-13(9-11)17-14-8-4-6-12(10-15)16-14/h3-9H,2,10,15H2,1H3. The van der Waals surface area contributed by atoms with E-state index in [4.69, 9.17) is 10.5 Å². The maximum absolute atomic E-state index is 5.70. The fraction of sp³-hybridized carbons (Fsp3) is 0.214. The molecule has 3 heteroatoms. The number of hydrogen-bond acceptors (Lipinski definition) is 3. The first-order valence-electron chi connectivity index (χ1n) is 5.74. The second kappa shape index (κ2) is 5.46. The Hall–Kier alpha value is -1.87. The van der Waals surface area contributed by atoms with Crippen molar-refractivity contribution in [2.24, 2.45) is 5.73 Å². The van der Waals surface area contributed by atoms with Crippen LogP contribution in [0.2, 0.25) is 0 Å². The third kappa shape index (κ3) is 3.04. The van der Waals surface area contributed by atoms with Crippen molar-refractivity contribution in [1.82, 2.24) is 4.98 Å². The zero-order chi connectivity index (χ0) is 12.1. The summed E-state index contributed by atoms with van der Waals surface area (Å²) in [5.74, 6) is 1.40. The number of benzene rings is 1. The fourth-order valence-electron chi connectivity index (χ4n) is 1.58. The van der Waals surface area contributed by atoms with Gasteiger partial charge in [-0.2, -0.15) is 0 Å². The van der Waals surface area contributed by atoms with Crippen LogP contribution in [-0.4, -0.2) is 4.98 Å². The summed E-state index contributed by atoms with van der Waals surface area (Å²) >= 11 is 0. The molecule has 1 aromatic heterocycles. The largest absolute Gasteiger partial charge is 0.439 e. The Bertz CT molecular complexity index is 452. The Labute approximate surface area is 101 Å². The topological polar surface area (TPSA) is 48.1 Å². The van der Waals surface area contributed by atoms with E-state index >= 15 is 0 Å². The summed E-state index contributed by atoms with van der Waals surface area (Å²) in [5, 5.41) is 0. The van der Waals surface area contributed by atoms with Crippen LogP contribution in [0.25, 0.3) is 0 Å². The van der Waals surface area contributed by atoms with Crippen LogP contribution in [-0.2, 0) is 13.0 Å². The summed E-state index contributed by atoms with van der Waals surface area (Å²) < 4.78 is 5.70. The molecule has 2 N–H and O–H groups in total. The number of pyridine rings is 1. The molecule has 0 saturated heterocycles. The maximum Gasteiger partial charge on any atom is 0.219 e. The van der Waals surface area contributed by atoms with Gasteiger partial charge in [0.2, 0.25) is 5.88 Å². The third-order valence-electron chi connectivity index (χ3n) is 2.52. The molecule has 0 aliphatic rings. The van der Waals surface area contributed by atoms with Gasteiger partial charge in [0.1, 0.15) is 5.75 Å². The Morgan fingerprint density at radius 3 is 2.76 bits per heavy atom. The summed E-state index contributed by atoms with van der Waals surface area (Å²) in [4.78, 5) is 4.29. The van der Waals surface area contributed by atoms with Crippen LogP contribution in [0, 0.1) is 0 Å². The van der Waals surface area contributed by atoms with Crippen LogP contribution in [0.15, 0.2) is 42.5 Å². The molecule has 0 aliphatic heterocycles. The fourth-order valence-corrected chi connectivity index (χ4v) is 1.58. The van der Waals surface area contributed by atoms with Crippen molar-refractivity contribution in [1.29, 1.82) is 0 Å². The van der Waals surface area contributed by atoms with Gasteiger partial charge in [-0.25, -0.2) is 4.98 Å². The molecule has 0 atom stereocenters. The maximum atomic E-state index is 5.70. The average Bonchev–Trinajstić information content (AvgIpc) is 2.39. The molecule has 0 fully saturated rings. The van der Waals surface area contributed by atoms with E-state index in [1.807, 2.05) is 36.4 Å². The molecule has 2 aromatic rings. The summed E-state index contributed by atoms with van der Waals surface area (Å²) in [7, 11) is 0. The summed E-state index contributed by atoms with van der Waals surface area (Å²) in [6.07, 6.45) is 0.994. The number of aromatic nitrogens is 1. The van der Waals surface area contributed by atoms with E-state index in [-0.39, 0.29) is 0 Å². The number of ether oxygens (including phenoxy) is 1. The molecule has 2 rings (SSSR count). The first kappa shape index (κ1) is 11.6. The average molecular weight is 228 g/mol. The molecule has 1 heterocycles. The summed E-state index contributed by atoms with van der Waals surface area (Å²) in [6, 6.07) is 13.6. The van der Waals surface area contributed by atoms with E-state index in [1.54, 1.807) is 0 Å². The molecule has 3 nitrogen and oxygen atoms in total. The molecule has 0 amide bonds. The van der Waals surface area contributed by atoms with Crippen molar-refractivity contribution in [3.05, 3.63) is 53.7 Å². The van der Waals surface area contributed by atoms with Crippen molar-refractivity contribution in [2.45, 2.75) is 19.9 Å². The van der Waals surface area contributed by atoms with Crippen LogP contribution >= 0.6 is 0 Å². The zero-order valence-electron chi connectivity index (χ0n) is 9.89. The highest BCUT2D eigenvalue weighted by atomic mass is 16.5. The van der Waals surface area contributed by atoms with Crippen molar-refractivity contribution < 1.29 is 4.74 Å². The number of nitrogens with zero attached hydrogens (tertiary/aromatic N) is 1. The van der Waals surface area contributed by atoms with Crippen LogP contribution in [0.3, 0.4) is 0 Å². The predicted molar refractivity (Wildman–Crippen MR) is 68.0 cm³/mol. The van der Waals surface area contributed by atoms with Crippen molar-refractivity contribution >= 4 is 0 Å². The molecule has 17 heavy (non-hydrogen) atoms. The zero-order valence-corrected chi connectivity index (χ0v) is 9.89. The Morgan fingerprint density at radius 2 is 2.00 bits per heavy atom. The van der Waals surface area contributed by atoms with Crippen LogP contribution < -0.4 is 10.5 Å². The van der Waals surface area contributed by atoms with Gasteiger partial charge in [0.25, 0.3) is 0 Å². The Balaban J connectivity index is 2.18. The molecular formula is C14H16N2O. The monoisotopic (exact) mass is 228 g/mol. The molecular weight excluding hydrogens is 212 g/mol. The lowest BCUT2D eigenvalue weighted by Crippen LogP contribution is -2.00. The predicted octanol–water partition coefficient (Wildman–Crippen LogP) is 2.89. The van der Waals surface area contributed by atoms with Gasteiger partial charge >= 0.3 is 0 Å². The SMILES string of the molecule is CCc1cccc(Oc2cccc(CN)n2)c1. The van der Waals surface area contributed by atoms with E-state index in [9.17, 15) is 0 Å². The van der Waals surface area contributed by atoms with Crippen LogP contribution in [0.4, 0.5) is 0 Å². The van der Waals surface area contributed by atoms with E-state index < -0.39 is 0 Å². The number of nitrogens with two attached hydrogens (primary N) is 1. The minimum atomic E-state index is 0.423. The highest BCUT2D eigenvalue weighted by molar-refractivity contribution is 5.31. The molecule has 88 valence electrons. The smallest absolute Gasteiger partial charge is 0.219 e. The molecule has 1 aromatic carbocycles. The summed E-state index contributed by atoms with van der Waals surface area (Å²) in [5.41, 5.74) is 7.62. The van der Waals surface area contributed by atoms with Crippen molar-refractivity contribution in [2.75, 3.05) is 0 Å². The summed E-state index contributed by atoms with van der Waals surface area (Å²) in [6.45, 7) is 2.54. The van der Waals surface area contributed by atoms with Gasteiger partial charge in [-0.15, -0.1) is 0 Å². The second-order valence-corrected chi connectivity index (χ2v) is 3.77. The first-order valence-corrected chi connectivity index (χ1v) is 5.74. The molecule has 0 unspecified atom stereocenters. The first-order chi connectivity index (χ1) is 8.31. The van der Waals surface area contributed by atoms with Gasteiger partial charge < -0.3 is 10.5 Å². The minimum Gasteiger partial charge on any atom is -0.439 e. The van der Waals surface area contributed by atoms with Gasteiger partial charge in [0.15, 0.2) is 0 Å². The number of rotatable bonds is 4. The van der Waals surface area contributed by atoms with E-state index in [0.29, 0.717) is 12.4 Å². The lowest BCUT2D eigenvalue weighted by atomic mass is 10.2. The lowest BCUT2D eigenvalue weighted by molar-refractivity contribution is 0.460. The van der Waals surface area contributed by atoms with Crippen molar-refractivity contribution in [3.63, 3.8) is 0 Å². The third-order valence-corrected chi connectivity index (χ3v) is 2.52. The highest BCUT2D eigenvalue weighted by Gasteiger charge is 2.00. The second-order valence-electron chi connectivity index (χ2n) is 3.77. The van der Waals surface area contributed by atoms with E-state index in [2.05, 4.69) is 18.0 Å². The number of aryl methyl sites for hydroxylation is 1. The number of hydrogen-bond donors (Lipinski definition) is 1. The molecule has 0 saturated carbocycles. The lowest BCUT2D eigenvalue weighted by Gasteiger charge is -2.07. The molecule has 0 radical (unpaired) electrons. The Morgan fingerprint density at radius 1 is 1.18 bits per heavy atom. The van der Waals surface area contributed by atoms with Gasteiger partial charge in [0.05, 0.1) is 5.69 Å². The van der Waals surface area contributed by atoms with E-state index in [1.165, 1.54) is 5.56 Å². The van der Waals surface area contributed by atoms with Gasteiger partial charge in [0, 0.05) is 12.6 Å². The Kier molecular flexibility index (Phi) is 3.73. The molecule has 0 spiro atoms. The van der Waals surface area contributed by atoms with Crippen molar-refractivity contribution in [3.8, 4) is 11.6 Å². The van der Waals surface area contributed by atoms with E-state index in [0.717, 1.165) is 17.9 Å².